The molecule has 176 valence electrons. The zero-order valence-electron chi connectivity index (χ0n) is 20.2. The number of primary amides is 1. The van der Waals surface area contributed by atoms with Gasteiger partial charge in [-0.05, 0) is 49.9 Å². The van der Waals surface area contributed by atoms with Gasteiger partial charge >= 0.3 is 0 Å². The number of benzene rings is 2. The number of hydrogen-bond donors (Lipinski definition) is 1. The van der Waals surface area contributed by atoms with Crippen LogP contribution in [0.1, 0.15) is 47.1 Å². The van der Waals surface area contributed by atoms with Crippen LogP contribution in [0.2, 0.25) is 0 Å². The van der Waals surface area contributed by atoms with Crippen LogP contribution in [-0.4, -0.2) is 31.8 Å². The number of aryl methyl sites for hydroxylation is 1. The van der Waals surface area contributed by atoms with E-state index in [1.165, 1.54) is 0 Å². The van der Waals surface area contributed by atoms with Crippen molar-refractivity contribution < 1.29 is 19.0 Å². The van der Waals surface area contributed by atoms with Crippen LogP contribution in [0.5, 0.6) is 17.2 Å². The molecule has 0 aliphatic rings. The molecule has 0 saturated carbocycles. The molecular formula is C27H34N2O4. The van der Waals surface area contributed by atoms with E-state index in [2.05, 4.69) is 11.5 Å². The molecule has 0 fully saturated rings. The van der Waals surface area contributed by atoms with Crippen molar-refractivity contribution in [2.24, 2.45) is 5.73 Å². The lowest BCUT2D eigenvalue weighted by Crippen LogP contribution is -2.14. The van der Waals surface area contributed by atoms with E-state index in [1.807, 2.05) is 49.4 Å². The lowest BCUT2D eigenvalue weighted by atomic mass is 9.97. The number of ether oxygens (including phenoxy) is 3. The summed E-state index contributed by atoms with van der Waals surface area (Å²) in [7, 11) is 4.92. The number of nitrogens with two attached hydrogens (primary N) is 1. The van der Waals surface area contributed by atoms with Crippen molar-refractivity contribution in [2.45, 2.75) is 46.1 Å². The fourth-order valence-corrected chi connectivity index (χ4v) is 4.42. The summed E-state index contributed by atoms with van der Waals surface area (Å²) >= 11 is 0. The third kappa shape index (κ3) is 5.00. The average molecular weight is 451 g/mol. The number of rotatable bonds is 11. The van der Waals surface area contributed by atoms with Crippen LogP contribution in [0.15, 0.2) is 42.5 Å². The van der Waals surface area contributed by atoms with Crippen molar-refractivity contribution in [1.82, 2.24) is 4.57 Å². The SMILES string of the molecule is CCCCc1c(-c2ccccc2OC)c(C(N)=O)c(C)n1CCc1ccc(OC)c(OC)c1. The van der Waals surface area contributed by atoms with Gasteiger partial charge in [-0.1, -0.05) is 37.6 Å². The number of carbonyl (C=O) groups excluding carboxylic acids is 1. The number of aromatic nitrogens is 1. The molecule has 1 heterocycles. The smallest absolute Gasteiger partial charge is 0.251 e. The molecule has 6 heteroatoms. The summed E-state index contributed by atoms with van der Waals surface area (Å²) < 4.78 is 18.7. The Morgan fingerprint density at radius 2 is 1.64 bits per heavy atom. The third-order valence-corrected chi connectivity index (χ3v) is 6.09. The van der Waals surface area contributed by atoms with Gasteiger partial charge in [-0.15, -0.1) is 0 Å². The first-order chi connectivity index (χ1) is 16.0. The van der Waals surface area contributed by atoms with Gasteiger partial charge < -0.3 is 24.5 Å². The van der Waals surface area contributed by atoms with Gasteiger partial charge in [-0.25, -0.2) is 0 Å². The summed E-state index contributed by atoms with van der Waals surface area (Å²) in [6.07, 6.45) is 3.69. The topological polar surface area (TPSA) is 75.7 Å². The van der Waals surface area contributed by atoms with Gasteiger partial charge in [-0.3, -0.25) is 4.79 Å². The quantitative estimate of drug-likeness (QED) is 0.437. The number of para-hydroxylation sites is 1. The van der Waals surface area contributed by atoms with Gasteiger partial charge in [0.1, 0.15) is 5.75 Å². The highest BCUT2D eigenvalue weighted by Gasteiger charge is 2.26. The summed E-state index contributed by atoms with van der Waals surface area (Å²) in [6, 6.07) is 13.8. The fourth-order valence-electron chi connectivity index (χ4n) is 4.42. The minimum atomic E-state index is -0.420. The molecule has 0 aliphatic carbocycles. The average Bonchev–Trinajstić information content (AvgIpc) is 3.11. The maximum Gasteiger partial charge on any atom is 0.251 e. The van der Waals surface area contributed by atoms with Crippen LogP contribution in [0.4, 0.5) is 0 Å². The van der Waals surface area contributed by atoms with E-state index in [9.17, 15) is 4.79 Å². The summed E-state index contributed by atoms with van der Waals surface area (Å²) in [4.78, 5) is 12.6. The first-order valence-electron chi connectivity index (χ1n) is 11.3. The Kier molecular flexibility index (Phi) is 8.04. The van der Waals surface area contributed by atoms with E-state index >= 15 is 0 Å². The monoisotopic (exact) mass is 450 g/mol. The normalized spacial score (nSPS) is 10.8. The summed E-state index contributed by atoms with van der Waals surface area (Å²) in [5.74, 6) is 1.72. The Balaban J connectivity index is 2.10. The number of hydrogen-bond acceptors (Lipinski definition) is 4. The van der Waals surface area contributed by atoms with Crippen LogP contribution < -0.4 is 19.9 Å². The first kappa shape index (κ1) is 24.2. The van der Waals surface area contributed by atoms with E-state index in [-0.39, 0.29) is 0 Å². The molecule has 2 aromatic carbocycles. The molecule has 3 rings (SSSR count). The molecule has 2 N–H and O–H groups in total. The molecule has 33 heavy (non-hydrogen) atoms. The van der Waals surface area contributed by atoms with E-state index < -0.39 is 5.91 Å². The largest absolute Gasteiger partial charge is 0.496 e. The summed E-state index contributed by atoms with van der Waals surface area (Å²) in [6.45, 7) is 4.86. The second-order valence-corrected chi connectivity index (χ2v) is 8.04. The predicted octanol–water partition coefficient (Wildman–Crippen LogP) is 5.17. The van der Waals surface area contributed by atoms with E-state index in [4.69, 9.17) is 19.9 Å². The number of unbranched alkanes of at least 4 members (excludes halogenated alkanes) is 1. The highest BCUT2D eigenvalue weighted by molar-refractivity contribution is 6.03. The molecule has 0 atom stereocenters. The van der Waals surface area contributed by atoms with Gasteiger partial charge in [0, 0.05) is 29.1 Å². The van der Waals surface area contributed by atoms with Gasteiger partial charge in [0.05, 0.1) is 26.9 Å². The predicted molar refractivity (Wildman–Crippen MR) is 132 cm³/mol. The second-order valence-electron chi connectivity index (χ2n) is 8.04. The standard InChI is InChI=1S/C27H34N2O4/c1-6-7-11-21-26(20-10-8-9-12-22(20)31-3)25(27(28)30)18(2)29(21)16-15-19-13-14-23(32-4)24(17-19)33-5/h8-10,12-14,17H,6-7,11,15-16H2,1-5H3,(H2,28,30). The van der Waals surface area contributed by atoms with Crippen LogP contribution in [0.3, 0.4) is 0 Å². The van der Waals surface area contributed by atoms with Crippen molar-refractivity contribution in [1.29, 1.82) is 0 Å². The van der Waals surface area contributed by atoms with Gasteiger partial charge in [0.2, 0.25) is 0 Å². The molecule has 0 bridgehead atoms. The van der Waals surface area contributed by atoms with Crippen LogP contribution in [0, 0.1) is 6.92 Å². The van der Waals surface area contributed by atoms with E-state index in [1.54, 1.807) is 21.3 Å². The van der Waals surface area contributed by atoms with Crippen molar-refractivity contribution >= 4 is 5.91 Å². The second kappa shape index (κ2) is 10.9. The zero-order valence-corrected chi connectivity index (χ0v) is 20.2. The molecule has 0 unspecified atom stereocenters. The molecule has 0 aliphatic heterocycles. The molecule has 1 aromatic heterocycles. The Morgan fingerprint density at radius 3 is 2.27 bits per heavy atom. The highest BCUT2D eigenvalue weighted by Crippen LogP contribution is 2.39. The number of amides is 1. The molecule has 6 nitrogen and oxygen atoms in total. The molecule has 1 amide bonds. The molecule has 0 radical (unpaired) electrons. The summed E-state index contributed by atoms with van der Waals surface area (Å²) in [5, 5.41) is 0. The van der Waals surface area contributed by atoms with Crippen molar-refractivity contribution in [2.75, 3.05) is 21.3 Å². The van der Waals surface area contributed by atoms with Crippen molar-refractivity contribution in [3.8, 4) is 28.4 Å². The number of carbonyl (C=O) groups is 1. The molecule has 0 saturated heterocycles. The lowest BCUT2D eigenvalue weighted by Gasteiger charge is -2.15. The highest BCUT2D eigenvalue weighted by atomic mass is 16.5. The Hall–Kier alpha value is -3.41. The summed E-state index contributed by atoms with van der Waals surface area (Å²) in [5.41, 5.74) is 11.4. The number of methoxy groups -OCH3 is 3. The van der Waals surface area contributed by atoms with E-state index in [0.717, 1.165) is 66.1 Å². The minimum Gasteiger partial charge on any atom is -0.496 e. The first-order valence-corrected chi connectivity index (χ1v) is 11.3. The Bertz CT molecular complexity index is 1120. The van der Waals surface area contributed by atoms with Gasteiger partial charge in [0.15, 0.2) is 11.5 Å². The Labute approximate surface area is 196 Å². The maximum atomic E-state index is 12.6. The van der Waals surface area contributed by atoms with Gasteiger partial charge in [-0.2, -0.15) is 0 Å². The van der Waals surface area contributed by atoms with Gasteiger partial charge in [0.25, 0.3) is 5.91 Å². The molecule has 0 spiro atoms. The minimum absolute atomic E-state index is 0.420. The van der Waals surface area contributed by atoms with Crippen LogP contribution >= 0.6 is 0 Å². The molecular weight excluding hydrogens is 416 g/mol. The zero-order chi connectivity index (χ0) is 24.0. The fraction of sp³-hybridized carbons (Fsp3) is 0.370. The Morgan fingerprint density at radius 1 is 0.939 bits per heavy atom. The lowest BCUT2D eigenvalue weighted by molar-refractivity contribution is 0.1000. The van der Waals surface area contributed by atoms with Crippen molar-refractivity contribution in [3.63, 3.8) is 0 Å². The van der Waals surface area contributed by atoms with Crippen LogP contribution in [-0.2, 0) is 19.4 Å². The maximum absolute atomic E-state index is 12.6. The number of nitrogens with zero attached hydrogens (tertiary/aromatic N) is 1. The molecule has 3 aromatic rings. The van der Waals surface area contributed by atoms with Crippen LogP contribution in [0.25, 0.3) is 11.1 Å². The van der Waals surface area contributed by atoms with E-state index in [0.29, 0.717) is 17.1 Å². The third-order valence-electron chi connectivity index (χ3n) is 6.09. The van der Waals surface area contributed by atoms with Crippen molar-refractivity contribution in [3.05, 3.63) is 65.0 Å².